The molecule has 0 saturated carbocycles. The number of nitrogens with one attached hydrogen (secondary N) is 1. The van der Waals surface area contributed by atoms with Gasteiger partial charge in [-0.15, -0.1) is 0 Å². The zero-order valence-corrected chi connectivity index (χ0v) is 13.5. The molecular formula is C13H16BrClN4. The van der Waals surface area contributed by atoms with E-state index in [1.165, 1.54) is 0 Å². The fraction of sp³-hybridized carbons (Fsp3) is 0.385. The molecule has 0 amide bonds. The van der Waals surface area contributed by atoms with E-state index >= 15 is 0 Å². The third kappa shape index (κ3) is 3.35. The van der Waals surface area contributed by atoms with E-state index in [0.29, 0.717) is 11.2 Å². The average molecular weight is 344 g/mol. The molecule has 6 heteroatoms. The van der Waals surface area contributed by atoms with Gasteiger partial charge in [-0.25, -0.2) is 9.97 Å². The fourth-order valence-electron chi connectivity index (χ4n) is 1.64. The monoisotopic (exact) mass is 342 g/mol. The first kappa shape index (κ1) is 14.5. The van der Waals surface area contributed by atoms with Crippen LogP contribution in [0.15, 0.2) is 22.9 Å². The Balaban J connectivity index is 2.31. The summed E-state index contributed by atoms with van der Waals surface area (Å²) in [5.74, 6) is 0.830. The molecule has 2 aromatic rings. The molecule has 2 rings (SSSR count). The number of hydrogen-bond donors (Lipinski definition) is 1. The van der Waals surface area contributed by atoms with Gasteiger partial charge < -0.3 is 10.2 Å². The van der Waals surface area contributed by atoms with Crippen LogP contribution in [-0.2, 0) is 0 Å². The maximum absolute atomic E-state index is 5.93. The van der Waals surface area contributed by atoms with Gasteiger partial charge in [-0.2, -0.15) is 0 Å². The number of aromatic nitrogens is 2. The zero-order valence-electron chi connectivity index (χ0n) is 11.1. The van der Waals surface area contributed by atoms with Crippen molar-refractivity contribution in [1.82, 2.24) is 14.9 Å². The lowest BCUT2D eigenvalue weighted by Crippen LogP contribution is -2.31. The molecule has 2 aromatic heterocycles. The van der Waals surface area contributed by atoms with Gasteiger partial charge in [-0.05, 0) is 43.0 Å². The third-order valence-electron chi connectivity index (χ3n) is 3.14. The summed E-state index contributed by atoms with van der Waals surface area (Å²) in [5.41, 5.74) is 0. The number of hydrogen-bond acceptors (Lipinski definition) is 4. The summed E-state index contributed by atoms with van der Waals surface area (Å²) >= 11 is 9.42. The van der Waals surface area contributed by atoms with Crippen molar-refractivity contribution < 1.29 is 0 Å². The van der Waals surface area contributed by atoms with E-state index in [-0.39, 0.29) is 0 Å². The van der Waals surface area contributed by atoms with Crippen molar-refractivity contribution in [1.29, 1.82) is 0 Å². The van der Waals surface area contributed by atoms with Gasteiger partial charge in [0.1, 0.15) is 11.0 Å². The summed E-state index contributed by atoms with van der Waals surface area (Å²) in [5, 5.41) is 5.81. The third-order valence-corrected chi connectivity index (χ3v) is 3.98. The summed E-state index contributed by atoms with van der Waals surface area (Å²) in [6, 6.07) is 2.25. The highest BCUT2D eigenvalue weighted by molar-refractivity contribution is 9.10. The summed E-state index contributed by atoms with van der Waals surface area (Å²) in [7, 11) is 4.11. The van der Waals surface area contributed by atoms with Crippen LogP contribution in [0, 0.1) is 0 Å². The highest BCUT2D eigenvalue weighted by atomic mass is 79.9. The van der Waals surface area contributed by atoms with E-state index in [0.717, 1.165) is 27.6 Å². The van der Waals surface area contributed by atoms with Gasteiger partial charge in [0.15, 0.2) is 0 Å². The van der Waals surface area contributed by atoms with Crippen LogP contribution in [0.1, 0.15) is 6.92 Å². The highest BCUT2D eigenvalue weighted by Gasteiger charge is 2.09. The van der Waals surface area contributed by atoms with E-state index < -0.39 is 0 Å². The molecular weight excluding hydrogens is 328 g/mol. The molecule has 1 unspecified atom stereocenters. The summed E-state index contributed by atoms with van der Waals surface area (Å²) in [4.78, 5) is 10.7. The topological polar surface area (TPSA) is 41.1 Å². The average Bonchev–Trinajstić information content (AvgIpc) is 2.38. The van der Waals surface area contributed by atoms with Crippen molar-refractivity contribution in [2.24, 2.45) is 0 Å². The summed E-state index contributed by atoms with van der Waals surface area (Å²) in [6.07, 6.45) is 3.53. The molecule has 0 aliphatic heterocycles. The molecule has 102 valence electrons. The second-order valence-electron chi connectivity index (χ2n) is 4.70. The summed E-state index contributed by atoms with van der Waals surface area (Å²) < 4.78 is 0.915. The summed E-state index contributed by atoms with van der Waals surface area (Å²) in [6.45, 7) is 2.97. The molecule has 0 fully saturated rings. The van der Waals surface area contributed by atoms with Crippen molar-refractivity contribution in [2.45, 2.75) is 13.0 Å². The van der Waals surface area contributed by atoms with Gasteiger partial charge in [0.25, 0.3) is 0 Å². The van der Waals surface area contributed by atoms with Gasteiger partial charge in [0.05, 0.1) is 0 Å². The van der Waals surface area contributed by atoms with Gasteiger partial charge in [-0.1, -0.05) is 11.6 Å². The Morgan fingerprint density at radius 1 is 1.32 bits per heavy atom. The Bertz CT molecular complexity index is 588. The Kier molecular flexibility index (Phi) is 4.60. The zero-order chi connectivity index (χ0) is 14.0. The van der Waals surface area contributed by atoms with Crippen LogP contribution in [0.25, 0.3) is 10.8 Å². The van der Waals surface area contributed by atoms with Gasteiger partial charge >= 0.3 is 0 Å². The minimum atomic E-state index is 0.417. The number of anilines is 1. The smallest absolute Gasteiger partial charge is 0.135 e. The molecule has 0 saturated heterocycles. The van der Waals surface area contributed by atoms with E-state index in [9.17, 15) is 0 Å². The van der Waals surface area contributed by atoms with Gasteiger partial charge in [-0.3, -0.25) is 0 Å². The molecule has 0 radical (unpaired) electrons. The second kappa shape index (κ2) is 6.03. The first-order valence-corrected chi connectivity index (χ1v) is 7.16. The van der Waals surface area contributed by atoms with Crippen LogP contribution in [0.3, 0.4) is 0 Å². The molecule has 1 atom stereocenters. The second-order valence-corrected chi connectivity index (χ2v) is 5.94. The van der Waals surface area contributed by atoms with E-state index in [4.69, 9.17) is 11.6 Å². The fourth-order valence-corrected chi connectivity index (χ4v) is 2.23. The predicted molar refractivity (Wildman–Crippen MR) is 83.9 cm³/mol. The van der Waals surface area contributed by atoms with Crippen LogP contribution in [-0.4, -0.2) is 41.5 Å². The molecule has 19 heavy (non-hydrogen) atoms. The van der Waals surface area contributed by atoms with Crippen LogP contribution < -0.4 is 5.32 Å². The molecule has 0 bridgehead atoms. The lowest BCUT2D eigenvalue weighted by Gasteiger charge is -2.20. The largest absolute Gasteiger partial charge is 0.368 e. The molecule has 2 heterocycles. The maximum atomic E-state index is 5.93. The van der Waals surface area contributed by atoms with Crippen molar-refractivity contribution in [2.75, 3.05) is 26.0 Å². The van der Waals surface area contributed by atoms with Gasteiger partial charge in [0.2, 0.25) is 0 Å². The Labute approximate surface area is 126 Å². The molecule has 0 aliphatic rings. The number of pyridine rings is 2. The number of halogens is 2. The van der Waals surface area contributed by atoms with Crippen LogP contribution in [0.4, 0.5) is 5.82 Å². The van der Waals surface area contributed by atoms with Crippen molar-refractivity contribution in [3.8, 4) is 0 Å². The van der Waals surface area contributed by atoms with E-state index in [1.807, 2.05) is 6.07 Å². The Hall–Kier alpha value is -0.910. The van der Waals surface area contributed by atoms with Gasteiger partial charge in [0, 0.05) is 40.2 Å². The Morgan fingerprint density at radius 3 is 2.74 bits per heavy atom. The maximum Gasteiger partial charge on any atom is 0.135 e. The number of likely N-dealkylation sites (N-methyl/N-ethyl adjacent to an activating group) is 1. The van der Waals surface area contributed by atoms with E-state index in [1.54, 1.807) is 12.4 Å². The van der Waals surface area contributed by atoms with Crippen molar-refractivity contribution >= 4 is 44.1 Å². The standard InChI is InChI=1S/C13H16BrClN4/c1-8(19(2)3)5-17-13-10-6-16-12(15)4-9(10)11(14)7-18-13/h4,6-8H,5H2,1-3H3,(H,17,18). The molecule has 4 nitrogen and oxygen atoms in total. The molecule has 0 spiro atoms. The first-order chi connectivity index (χ1) is 8.99. The van der Waals surface area contributed by atoms with Crippen molar-refractivity contribution in [3.63, 3.8) is 0 Å². The number of rotatable bonds is 4. The minimum absolute atomic E-state index is 0.417. The number of fused-ring (bicyclic) bond motifs is 1. The predicted octanol–water partition coefficient (Wildman–Crippen LogP) is 3.41. The normalized spacial score (nSPS) is 12.9. The van der Waals surface area contributed by atoms with Crippen LogP contribution >= 0.6 is 27.5 Å². The first-order valence-electron chi connectivity index (χ1n) is 5.99. The van der Waals surface area contributed by atoms with Crippen molar-refractivity contribution in [3.05, 3.63) is 28.1 Å². The molecule has 1 N–H and O–H groups in total. The van der Waals surface area contributed by atoms with Crippen LogP contribution in [0.2, 0.25) is 5.15 Å². The lowest BCUT2D eigenvalue weighted by atomic mass is 10.2. The SMILES string of the molecule is CC(CNc1ncc(Br)c2cc(Cl)ncc12)N(C)C. The van der Waals surface area contributed by atoms with Crippen LogP contribution in [0.5, 0.6) is 0 Å². The van der Waals surface area contributed by atoms with E-state index in [2.05, 4.69) is 57.1 Å². The Morgan fingerprint density at radius 2 is 2.05 bits per heavy atom. The number of nitrogens with zero attached hydrogens (tertiary/aromatic N) is 3. The highest BCUT2D eigenvalue weighted by Crippen LogP contribution is 2.29. The quantitative estimate of drug-likeness (QED) is 0.864. The lowest BCUT2D eigenvalue weighted by molar-refractivity contribution is 0.326. The molecule has 0 aliphatic carbocycles. The minimum Gasteiger partial charge on any atom is -0.368 e. The molecule has 0 aromatic carbocycles.